The molecule has 3 rings (SSSR count). The highest BCUT2D eigenvalue weighted by molar-refractivity contribution is 14.0. The maximum atomic E-state index is 5.98. The van der Waals surface area contributed by atoms with Gasteiger partial charge in [-0.1, -0.05) is 13.0 Å². The highest BCUT2D eigenvalue weighted by atomic mass is 127. The first-order valence-corrected chi connectivity index (χ1v) is 9.57. The Kier molecular flexibility index (Phi) is 9.33. The molecule has 1 aromatic carbocycles. The molecule has 1 fully saturated rings. The highest BCUT2D eigenvalue weighted by Crippen LogP contribution is 2.27. The Hall–Kier alpha value is -2.03. The van der Waals surface area contributed by atoms with Crippen molar-refractivity contribution in [2.24, 2.45) is 10.9 Å². The van der Waals surface area contributed by atoms with Crippen LogP contribution in [0.1, 0.15) is 31.7 Å². The van der Waals surface area contributed by atoms with Gasteiger partial charge in [0.1, 0.15) is 11.5 Å². The molecule has 0 atom stereocenters. The summed E-state index contributed by atoms with van der Waals surface area (Å²) in [6.45, 7) is 4.37. The molecule has 0 aliphatic heterocycles. The van der Waals surface area contributed by atoms with Crippen molar-refractivity contribution in [3.8, 4) is 17.4 Å². The van der Waals surface area contributed by atoms with Gasteiger partial charge in [-0.2, -0.15) is 0 Å². The molecule has 2 aromatic rings. The van der Waals surface area contributed by atoms with Gasteiger partial charge in [0, 0.05) is 31.9 Å². The molecule has 0 spiro atoms. The average Bonchev–Trinajstić information content (AvgIpc) is 3.53. The number of aromatic nitrogens is 1. The fraction of sp³-hybridized carbons (Fsp3) is 0.429. The Bertz CT molecular complexity index is 748. The van der Waals surface area contributed by atoms with Crippen LogP contribution < -0.4 is 20.1 Å². The van der Waals surface area contributed by atoms with Crippen molar-refractivity contribution >= 4 is 29.9 Å². The number of hydrogen-bond acceptors (Lipinski definition) is 4. The van der Waals surface area contributed by atoms with Crippen molar-refractivity contribution in [1.29, 1.82) is 0 Å². The fourth-order valence-corrected chi connectivity index (χ4v) is 2.55. The van der Waals surface area contributed by atoms with Gasteiger partial charge in [0.2, 0.25) is 5.88 Å². The van der Waals surface area contributed by atoms with Crippen molar-refractivity contribution in [3.05, 3.63) is 48.2 Å². The first kappa shape index (κ1) is 22.3. The van der Waals surface area contributed by atoms with Gasteiger partial charge in [-0.3, -0.25) is 4.99 Å². The summed E-state index contributed by atoms with van der Waals surface area (Å²) in [6, 6.07) is 11.5. The van der Waals surface area contributed by atoms with E-state index in [1.54, 1.807) is 13.2 Å². The summed E-state index contributed by atoms with van der Waals surface area (Å²) >= 11 is 0. The minimum Gasteiger partial charge on any atom is -0.494 e. The minimum atomic E-state index is 0. The molecule has 0 saturated heterocycles. The number of benzene rings is 1. The van der Waals surface area contributed by atoms with Gasteiger partial charge in [0.05, 0.1) is 6.61 Å². The van der Waals surface area contributed by atoms with E-state index in [9.17, 15) is 0 Å². The number of nitrogens with one attached hydrogen (secondary N) is 2. The van der Waals surface area contributed by atoms with Crippen LogP contribution in [0.5, 0.6) is 17.4 Å². The number of hydrogen-bond donors (Lipinski definition) is 2. The van der Waals surface area contributed by atoms with E-state index in [-0.39, 0.29) is 24.0 Å². The molecule has 2 N–H and O–H groups in total. The van der Waals surface area contributed by atoms with Crippen LogP contribution in [0.25, 0.3) is 0 Å². The maximum absolute atomic E-state index is 5.98. The van der Waals surface area contributed by atoms with Gasteiger partial charge in [0.25, 0.3) is 0 Å². The molecule has 7 heteroatoms. The molecule has 152 valence electrons. The van der Waals surface area contributed by atoms with Crippen LogP contribution in [0.3, 0.4) is 0 Å². The van der Waals surface area contributed by atoms with Crippen molar-refractivity contribution in [3.63, 3.8) is 0 Å². The predicted octanol–water partition coefficient (Wildman–Crippen LogP) is 4.36. The zero-order chi connectivity index (χ0) is 18.9. The lowest BCUT2D eigenvalue weighted by molar-refractivity contribution is 0.317. The third kappa shape index (κ3) is 7.18. The van der Waals surface area contributed by atoms with Crippen LogP contribution in [0, 0.1) is 5.92 Å². The summed E-state index contributed by atoms with van der Waals surface area (Å²) in [7, 11) is 1.78. The van der Waals surface area contributed by atoms with Crippen molar-refractivity contribution in [2.45, 2.75) is 32.7 Å². The molecule has 0 unspecified atom stereocenters. The molecule has 1 aliphatic carbocycles. The van der Waals surface area contributed by atoms with Gasteiger partial charge < -0.3 is 20.1 Å². The van der Waals surface area contributed by atoms with Gasteiger partial charge >= 0.3 is 0 Å². The quantitative estimate of drug-likeness (QED) is 0.307. The molecule has 0 radical (unpaired) electrons. The minimum absolute atomic E-state index is 0. The Labute approximate surface area is 184 Å². The van der Waals surface area contributed by atoms with E-state index >= 15 is 0 Å². The first-order valence-electron chi connectivity index (χ1n) is 9.57. The topological polar surface area (TPSA) is 67.8 Å². The molecule has 1 aromatic heterocycles. The molecule has 0 bridgehead atoms. The van der Waals surface area contributed by atoms with Crippen molar-refractivity contribution in [1.82, 2.24) is 15.6 Å². The molecule has 1 aliphatic rings. The molecule has 1 heterocycles. The van der Waals surface area contributed by atoms with Gasteiger partial charge in [-0.25, -0.2) is 4.98 Å². The summed E-state index contributed by atoms with van der Waals surface area (Å²) in [5.74, 6) is 3.76. The third-order valence-electron chi connectivity index (χ3n) is 4.29. The van der Waals surface area contributed by atoms with Gasteiger partial charge in [-0.15, -0.1) is 24.0 Å². The highest BCUT2D eigenvalue weighted by Gasteiger charge is 2.21. The zero-order valence-electron chi connectivity index (χ0n) is 16.5. The number of aliphatic imine (C=N–C) groups is 1. The summed E-state index contributed by atoms with van der Waals surface area (Å²) in [6.07, 6.45) is 5.35. The Morgan fingerprint density at radius 3 is 2.57 bits per heavy atom. The standard InChI is InChI=1S/C21H28N4O2.HI/c1-3-13-26-18-8-10-19(11-9-18)27-20-17(5-4-12-23-20)15-25-21(22-2)24-14-16-6-7-16;/h4-5,8-12,16H,3,6-7,13-15H2,1-2H3,(H2,22,24,25);1H. The molecule has 1 saturated carbocycles. The lowest BCUT2D eigenvalue weighted by Gasteiger charge is -2.14. The van der Waals surface area contributed by atoms with Crippen LogP contribution in [-0.2, 0) is 6.54 Å². The summed E-state index contributed by atoms with van der Waals surface area (Å²) < 4.78 is 11.6. The number of halogens is 1. The number of ether oxygens (including phenoxy) is 2. The normalized spacial score (nSPS) is 13.4. The van der Waals surface area contributed by atoms with Crippen molar-refractivity contribution in [2.75, 3.05) is 20.2 Å². The smallest absolute Gasteiger partial charge is 0.224 e. The van der Waals surface area contributed by atoms with Crippen LogP contribution in [0.4, 0.5) is 0 Å². The zero-order valence-corrected chi connectivity index (χ0v) is 18.8. The van der Waals surface area contributed by atoms with Gasteiger partial charge in [-0.05, 0) is 55.5 Å². The summed E-state index contributed by atoms with van der Waals surface area (Å²) in [5.41, 5.74) is 0.971. The van der Waals surface area contributed by atoms with E-state index in [1.807, 2.05) is 36.4 Å². The summed E-state index contributed by atoms with van der Waals surface area (Å²) in [4.78, 5) is 8.65. The van der Waals surface area contributed by atoms with E-state index in [2.05, 4.69) is 27.5 Å². The number of nitrogens with zero attached hydrogens (tertiary/aromatic N) is 2. The monoisotopic (exact) mass is 496 g/mol. The second kappa shape index (κ2) is 11.7. The Morgan fingerprint density at radius 2 is 1.89 bits per heavy atom. The first-order chi connectivity index (χ1) is 13.3. The largest absolute Gasteiger partial charge is 0.494 e. The number of guanidine groups is 1. The van der Waals surface area contributed by atoms with Crippen molar-refractivity contribution < 1.29 is 9.47 Å². The molecule has 28 heavy (non-hydrogen) atoms. The van der Waals surface area contributed by atoms with Crippen LogP contribution in [0.15, 0.2) is 47.6 Å². The molecule has 6 nitrogen and oxygen atoms in total. The van der Waals surface area contributed by atoms with E-state index < -0.39 is 0 Å². The van der Waals surface area contributed by atoms with E-state index in [0.29, 0.717) is 19.0 Å². The van der Waals surface area contributed by atoms with E-state index in [4.69, 9.17) is 9.47 Å². The number of rotatable bonds is 9. The predicted molar refractivity (Wildman–Crippen MR) is 123 cm³/mol. The molecular formula is C21H29IN4O2. The Balaban J connectivity index is 0.00000280. The lowest BCUT2D eigenvalue weighted by Crippen LogP contribution is -2.37. The number of pyridine rings is 1. The average molecular weight is 496 g/mol. The molecular weight excluding hydrogens is 467 g/mol. The fourth-order valence-electron chi connectivity index (χ4n) is 2.55. The van der Waals surface area contributed by atoms with E-state index in [0.717, 1.165) is 41.9 Å². The summed E-state index contributed by atoms with van der Waals surface area (Å²) in [5, 5.41) is 6.68. The third-order valence-corrected chi connectivity index (χ3v) is 4.29. The van der Waals surface area contributed by atoms with Crippen LogP contribution in [-0.4, -0.2) is 31.1 Å². The van der Waals surface area contributed by atoms with Crippen LogP contribution in [0.2, 0.25) is 0 Å². The SMILES string of the molecule is CCCOc1ccc(Oc2ncccc2CNC(=NC)NCC2CC2)cc1.I. The van der Waals surface area contributed by atoms with E-state index in [1.165, 1.54) is 12.8 Å². The Morgan fingerprint density at radius 1 is 1.14 bits per heavy atom. The second-order valence-electron chi connectivity index (χ2n) is 6.64. The van der Waals surface area contributed by atoms with Crippen LogP contribution >= 0.6 is 24.0 Å². The molecule has 0 amide bonds. The maximum Gasteiger partial charge on any atom is 0.224 e. The lowest BCUT2D eigenvalue weighted by atomic mass is 10.2. The second-order valence-corrected chi connectivity index (χ2v) is 6.64. The van der Waals surface area contributed by atoms with Gasteiger partial charge in [0.15, 0.2) is 5.96 Å².